The Morgan fingerprint density at radius 2 is 1.29 bits per heavy atom. The van der Waals surface area contributed by atoms with Crippen molar-refractivity contribution in [3.63, 3.8) is 0 Å². The second-order valence-electron chi connectivity index (χ2n) is 7.70. The molecule has 4 N–H and O–H groups in total. The molecule has 0 radical (unpaired) electrons. The van der Waals surface area contributed by atoms with Gasteiger partial charge in [-0.1, -0.05) is 62.6 Å². The molecule has 0 bridgehead atoms. The summed E-state index contributed by atoms with van der Waals surface area (Å²) >= 11 is 0. The molecule has 0 heterocycles. The summed E-state index contributed by atoms with van der Waals surface area (Å²) in [6, 6.07) is 8.98. The number of benzene rings is 2. The first-order valence-corrected chi connectivity index (χ1v) is 11.0. The molecule has 2 atom stereocenters. The fraction of sp³-hybridized carbons (Fsp3) is 0.500. The Hall–Kier alpha value is -2.51. The van der Waals surface area contributed by atoms with E-state index in [1.165, 1.54) is 0 Å². The number of alkyl halides is 1. The van der Waals surface area contributed by atoms with Crippen molar-refractivity contribution in [3.05, 3.63) is 47.5 Å². The summed E-state index contributed by atoms with van der Waals surface area (Å²) in [4.78, 5) is 23.9. The zero-order valence-electron chi connectivity index (χ0n) is 18.1. The fourth-order valence-corrected chi connectivity index (χ4v) is 3.77. The van der Waals surface area contributed by atoms with E-state index in [-0.39, 0.29) is 6.67 Å². The molecule has 2 rings (SSSR count). The highest BCUT2D eigenvalue weighted by atomic mass is 19.1. The molecule has 170 valence electrons. The monoisotopic (exact) mass is 432 g/mol. The van der Waals surface area contributed by atoms with Crippen LogP contribution in [0.15, 0.2) is 36.4 Å². The molecule has 0 saturated carbocycles. The first kappa shape index (κ1) is 24.8. The highest BCUT2D eigenvalue weighted by Crippen LogP contribution is 2.30. The van der Waals surface area contributed by atoms with Crippen molar-refractivity contribution in [1.29, 1.82) is 0 Å². The molecule has 0 aliphatic heterocycles. The summed E-state index contributed by atoms with van der Waals surface area (Å²) in [5.41, 5.74) is 1.23. The number of carbonyl (C=O) groups is 2. The summed E-state index contributed by atoms with van der Waals surface area (Å²) in [6.07, 6.45) is 4.75. The summed E-state index contributed by atoms with van der Waals surface area (Å²) in [6.45, 7) is 2.82. The lowest BCUT2D eigenvalue weighted by atomic mass is 9.93. The van der Waals surface area contributed by atoms with Gasteiger partial charge in [-0.2, -0.15) is 0 Å². The van der Waals surface area contributed by atoms with Gasteiger partial charge in [-0.05, 0) is 54.3 Å². The van der Waals surface area contributed by atoms with Gasteiger partial charge in [-0.15, -0.1) is 0 Å². The largest absolute Gasteiger partial charge is 0.480 e. The van der Waals surface area contributed by atoms with Gasteiger partial charge in [-0.25, -0.2) is 0 Å². The zero-order chi connectivity index (χ0) is 22.6. The van der Waals surface area contributed by atoms with Crippen LogP contribution in [0, 0.1) is 0 Å². The van der Waals surface area contributed by atoms with Crippen molar-refractivity contribution in [2.75, 3.05) is 19.8 Å². The third kappa shape index (κ3) is 7.01. The van der Waals surface area contributed by atoms with Crippen molar-refractivity contribution in [3.8, 4) is 0 Å². The molecule has 0 aromatic heterocycles. The predicted molar refractivity (Wildman–Crippen MR) is 120 cm³/mol. The van der Waals surface area contributed by atoms with Crippen LogP contribution in [-0.4, -0.2) is 41.9 Å². The normalized spacial score (nSPS) is 13.2. The third-order valence-electron chi connectivity index (χ3n) is 5.39. The van der Waals surface area contributed by atoms with Gasteiger partial charge in [0.25, 0.3) is 0 Å². The van der Waals surface area contributed by atoms with E-state index in [1.54, 1.807) is 24.3 Å². The van der Waals surface area contributed by atoms with Crippen LogP contribution in [0.2, 0.25) is 0 Å². The molecule has 2 aromatic rings. The van der Waals surface area contributed by atoms with E-state index < -0.39 is 24.0 Å². The number of hydrogen-bond acceptors (Lipinski definition) is 4. The van der Waals surface area contributed by atoms with Crippen LogP contribution in [0.25, 0.3) is 10.8 Å². The number of aliphatic carboxylic acids is 2. The van der Waals surface area contributed by atoms with E-state index in [1.807, 2.05) is 19.1 Å². The first-order valence-electron chi connectivity index (χ1n) is 11.0. The smallest absolute Gasteiger partial charge is 0.325 e. The maximum Gasteiger partial charge on any atom is 0.325 e. The van der Waals surface area contributed by atoms with Gasteiger partial charge in [0.2, 0.25) is 0 Å². The minimum absolute atomic E-state index is 0.325. The van der Waals surface area contributed by atoms with E-state index in [0.717, 1.165) is 42.9 Å². The summed E-state index contributed by atoms with van der Waals surface area (Å²) < 4.78 is 12.2. The average molecular weight is 433 g/mol. The maximum absolute atomic E-state index is 12.2. The van der Waals surface area contributed by atoms with Gasteiger partial charge in [-0.3, -0.25) is 14.0 Å². The number of rotatable bonds is 15. The standard InChI is InChI=1S/C24H33FN2O4/c1-2-3-15-26-21(23(28)29)19-12-8-11-18-17(19)10-9-13-20(18)22(24(30)31)27-16-7-5-4-6-14-25/h8-13,21-22,26-27H,2-7,14-16H2,1H3,(H,28,29)(H,30,31). The second-order valence-corrected chi connectivity index (χ2v) is 7.70. The molecule has 2 aromatic carbocycles. The van der Waals surface area contributed by atoms with Crippen molar-refractivity contribution in [2.24, 2.45) is 0 Å². The van der Waals surface area contributed by atoms with Crippen LogP contribution >= 0.6 is 0 Å². The number of unbranched alkanes of at least 4 members (excludes halogenated alkanes) is 4. The molecule has 0 aliphatic carbocycles. The van der Waals surface area contributed by atoms with Crippen molar-refractivity contribution < 1.29 is 24.2 Å². The van der Waals surface area contributed by atoms with Gasteiger partial charge >= 0.3 is 11.9 Å². The molecule has 0 amide bonds. The molecular formula is C24H33FN2O4. The van der Waals surface area contributed by atoms with Crippen LogP contribution in [-0.2, 0) is 9.59 Å². The quantitative estimate of drug-likeness (QED) is 0.307. The summed E-state index contributed by atoms with van der Waals surface area (Å²) in [7, 11) is 0. The van der Waals surface area contributed by atoms with E-state index in [2.05, 4.69) is 10.6 Å². The van der Waals surface area contributed by atoms with Gasteiger partial charge in [0.05, 0.1) is 6.67 Å². The van der Waals surface area contributed by atoms with Crippen molar-refractivity contribution >= 4 is 22.7 Å². The Labute approximate surface area is 182 Å². The van der Waals surface area contributed by atoms with Crippen LogP contribution < -0.4 is 10.6 Å². The first-order chi connectivity index (χ1) is 15.0. The van der Waals surface area contributed by atoms with E-state index in [9.17, 15) is 24.2 Å². The average Bonchev–Trinajstić information content (AvgIpc) is 2.75. The zero-order valence-corrected chi connectivity index (χ0v) is 18.1. The molecule has 0 spiro atoms. The number of fused-ring (bicyclic) bond motifs is 1. The van der Waals surface area contributed by atoms with E-state index in [0.29, 0.717) is 30.6 Å². The second kappa shape index (κ2) is 13.0. The molecule has 0 fully saturated rings. The Kier molecular flexibility index (Phi) is 10.4. The minimum Gasteiger partial charge on any atom is -0.480 e. The number of hydrogen-bond donors (Lipinski definition) is 4. The lowest BCUT2D eigenvalue weighted by molar-refractivity contribution is -0.140. The van der Waals surface area contributed by atoms with Crippen molar-refractivity contribution in [1.82, 2.24) is 10.6 Å². The summed E-state index contributed by atoms with van der Waals surface area (Å²) in [5, 5.41) is 27.2. The van der Waals surface area contributed by atoms with Gasteiger partial charge in [0.15, 0.2) is 0 Å². The molecule has 2 unspecified atom stereocenters. The Bertz CT molecular complexity index is 859. The van der Waals surface area contributed by atoms with E-state index in [4.69, 9.17) is 0 Å². The van der Waals surface area contributed by atoms with Gasteiger partial charge in [0, 0.05) is 0 Å². The third-order valence-corrected chi connectivity index (χ3v) is 5.39. The van der Waals surface area contributed by atoms with Crippen LogP contribution in [0.1, 0.15) is 68.7 Å². The van der Waals surface area contributed by atoms with Crippen LogP contribution in [0.4, 0.5) is 4.39 Å². The molecule has 0 saturated heterocycles. The molecule has 31 heavy (non-hydrogen) atoms. The molecule has 0 aliphatic rings. The number of nitrogens with one attached hydrogen (secondary N) is 2. The minimum atomic E-state index is -0.988. The predicted octanol–water partition coefficient (Wildman–Crippen LogP) is 4.60. The number of carboxylic acids is 2. The SMILES string of the molecule is CCCCNC(C(=O)O)c1cccc2c(C(NCCCCCCF)C(=O)O)cccc12. The van der Waals surface area contributed by atoms with Gasteiger partial charge in [0.1, 0.15) is 12.1 Å². The van der Waals surface area contributed by atoms with Crippen LogP contribution in [0.3, 0.4) is 0 Å². The molecule has 7 heteroatoms. The highest BCUT2D eigenvalue weighted by molar-refractivity contribution is 5.95. The molecule has 6 nitrogen and oxygen atoms in total. The fourth-order valence-electron chi connectivity index (χ4n) is 3.77. The maximum atomic E-state index is 12.2. The number of carboxylic acid groups (broad SMARTS) is 2. The topological polar surface area (TPSA) is 98.7 Å². The molecular weight excluding hydrogens is 399 g/mol. The van der Waals surface area contributed by atoms with Crippen LogP contribution in [0.5, 0.6) is 0 Å². The lowest BCUT2D eigenvalue weighted by Crippen LogP contribution is -2.30. The summed E-state index contributed by atoms with van der Waals surface area (Å²) in [5.74, 6) is -1.95. The van der Waals surface area contributed by atoms with Gasteiger partial charge < -0.3 is 20.8 Å². The number of halogens is 1. The van der Waals surface area contributed by atoms with E-state index >= 15 is 0 Å². The Balaban J connectivity index is 2.30. The Morgan fingerprint density at radius 1 is 0.806 bits per heavy atom. The van der Waals surface area contributed by atoms with Crippen molar-refractivity contribution in [2.45, 2.75) is 57.5 Å². The lowest BCUT2D eigenvalue weighted by Gasteiger charge is -2.20. The Morgan fingerprint density at radius 3 is 1.74 bits per heavy atom. The highest BCUT2D eigenvalue weighted by Gasteiger charge is 2.25.